The van der Waals surface area contributed by atoms with Gasteiger partial charge in [-0.1, -0.05) is 31.0 Å². The van der Waals surface area contributed by atoms with Crippen molar-refractivity contribution in [3.8, 4) is 0 Å². The average molecular weight is 453 g/mol. The number of alkyl halides is 3. The van der Waals surface area contributed by atoms with Crippen molar-refractivity contribution in [2.45, 2.75) is 43.7 Å². The fraction of sp³-hybridized carbons (Fsp3) is 0.588. The molecule has 2 aliphatic rings. The van der Waals surface area contributed by atoms with Crippen molar-refractivity contribution in [1.29, 1.82) is 0 Å². The van der Waals surface area contributed by atoms with E-state index < -0.39 is 11.7 Å². The van der Waals surface area contributed by atoms with E-state index in [-0.39, 0.29) is 29.4 Å². The Morgan fingerprint density at radius 1 is 1.17 bits per heavy atom. The molecule has 1 heterocycles. The first-order valence-corrected chi connectivity index (χ1v) is 8.20. The Hall–Kier alpha value is -0.990. The van der Waals surface area contributed by atoms with Crippen molar-refractivity contribution in [3.05, 3.63) is 35.4 Å². The number of nitrogens with zero attached hydrogens (tertiary/aromatic N) is 1. The van der Waals surface area contributed by atoms with E-state index in [0.29, 0.717) is 6.54 Å². The van der Waals surface area contributed by atoms with Gasteiger partial charge in [0.2, 0.25) is 0 Å². The number of benzene rings is 1. The molecular weight excluding hydrogens is 430 g/mol. The lowest BCUT2D eigenvalue weighted by molar-refractivity contribution is -0.137. The fourth-order valence-electron chi connectivity index (χ4n) is 3.55. The third-order valence-electron chi connectivity index (χ3n) is 4.85. The van der Waals surface area contributed by atoms with Gasteiger partial charge in [-0.3, -0.25) is 4.99 Å². The summed E-state index contributed by atoms with van der Waals surface area (Å²) in [5.74, 6) is 0.773. The molecule has 24 heavy (non-hydrogen) atoms. The van der Waals surface area contributed by atoms with Gasteiger partial charge in [0.25, 0.3) is 0 Å². The number of hydrogen-bond donors (Lipinski definition) is 2. The molecule has 0 unspecified atom stereocenters. The summed E-state index contributed by atoms with van der Waals surface area (Å²) in [4.78, 5) is 4.39. The molecule has 0 saturated heterocycles. The Morgan fingerprint density at radius 3 is 2.54 bits per heavy atom. The van der Waals surface area contributed by atoms with E-state index in [9.17, 15) is 13.2 Å². The average Bonchev–Trinajstić information content (AvgIpc) is 3.04. The zero-order valence-corrected chi connectivity index (χ0v) is 15.8. The maximum atomic E-state index is 13.0. The standard InChI is InChI=1S/C17H22F3N3.HI/c18-17(19,20)14-6-3-5-13(11-14)16(7-1-2-8-16)12-23-15-21-9-4-10-22-15;/h3,5-6,11H,1-2,4,7-10,12H2,(H2,21,22,23);1H. The highest BCUT2D eigenvalue weighted by Gasteiger charge is 2.38. The first-order valence-electron chi connectivity index (χ1n) is 8.20. The van der Waals surface area contributed by atoms with E-state index in [0.717, 1.165) is 62.8 Å². The zero-order chi connectivity index (χ0) is 16.3. The predicted octanol–water partition coefficient (Wildman–Crippen LogP) is 4.07. The van der Waals surface area contributed by atoms with Crippen LogP contribution in [0.4, 0.5) is 13.2 Å². The lowest BCUT2D eigenvalue weighted by atomic mass is 9.78. The molecule has 3 rings (SSSR count). The van der Waals surface area contributed by atoms with Crippen LogP contribution in [0.3, 0.4) is 0 Å². The van der Waals surface area contributed by atoms with Gasteiger partial charge in [-0.25, -0.2) is 0 Å². The van der Waals surface area contributed by atoms with E-state index in [1.165, 1.54) is 12.1 Å². The van der Waals surface area contributed by atoms with Crippen LogP contribution < -0.4 is 10.6 Å². The molecule has 134 valence electrons. The van der Waals surface area contributed by atoms with Gasteiger partial charge in [0.05, 0.1) is 5.56 Å². The van der Waals surface area contributed by atoms with Gasteiger partial charge < -0.3 is 10.6 Å². The molecular formula is C17H23F3IN3. The Morgan fingerprint density at radius 2 is 1.92 bits per heavy atom. The smallest absolute Gasteiger partial charge is 0.356 e. The molecule has 1 fully saturated rings. The largest absolute Gasteiger partial charge is 0.416 e. The molecule has 1 saturated carbocycles. The molecule has 2 N–H and O–H groups in total. The molecule has 1 aromatic carbocycles. The molecule has 0 amide bonds. The van der Waals surface area contributed by atoms with E-state index in [2.05, 4.69) is 15.6 Å². The van der Waals surface area contributed by atoms with Crippen LogP contribution in [0.1, 0.15) is 43.2 Å². The molecule has 7 heteroatoms. The number of guanidine groups is 1. The minimum Gasteiger partial charge on any atom is -0.356 e. The summed E-state index contributed by atoms with van der Waals surface area (Å²) >= 11 is 0. The Kier molecular flexibility index (Phi) is 6.39. The van der Waals surface area contributed by atoms with Gasteiger partial charge in [0.1, 0.15) is 0 Å². The Labute approximate surface area is 157 Å². The normalized spacial score (nSPS) is 19.9. The Bertz CT molecular complexity index is 581. The minimum atomic E-state index is -4.29. The van der Waals surface area contributed by atoms with Gasteiger partial charge in [-0.2, -0.15) is 13.2 Å². The topological polar surface area (TPSA) is 36.4 Å². The van der Waals surface area contributed by atoms with Crippen LogP contribution in [0.25, 0.3) is 0 Å². The molecule has 1 aliphatic carbocycles. The summed E-state index contributed by atoms with van der Waals surface area (Å²) in [5.41, 5.74) is -0.00810. The van der Waals surface area contributed by atoms with Gasteiger partial charge >= 0.3 is 6.18 Å². The summed E-state index contributed by atoms with van der Waals surface area (Å²) in [6.07, 6.45) is 0.654. The number of nitrogens with one attached hydrogen (secondary N) is 2. The molecule has 0 spiro atoms. The second kappa shape index (κ2) is 7.93. The maximum Gasteiger partial charge on any atom is 0.416 e. The van der Waals surface area contributed by atoms with Crippen LogP contribution in [0.15, 0.2) is 29.3 Å². The third kappa shape index (κ3) is 4.34. The third-order valence-corrected chi connectivity index (χ3v) is 4.85. The van der Waals surface area contributed by atoms with Crippen LogP contribution in [0.5, 0.6) is 0 Å². The summed E-state index contributed by atoms with van der Waals surface area (Å²) in [5, 5.41) is 6.52. The summed E-state index contributed by atoms with van der Waals surface area (Å²) in [6, 6.07) is 5.82. The second-order valence-corrected chi connectivity index (χ2v) is 6.43. The van der Waals surface area contributed by atoms with Crippen molar-refractivity contribution in [2.24, 2.45) is 4.99 Å². The van der Waals surface area contributed by atoms with E-state index in [4.69, 9.17) is 0 Å². The van der Waals surface area contributed by atoms with Crippen LogP contribution in [-0.2, 0) is 11.6 Å². The molecule has 0 bridgehead atoms. The van der Waals surface area contributed by atoms with Crippen LogP contribution in [-0.4, -0.2) is 25.6 Å². The predicted molar refractivity (Wildman–Crippen MR) is 99.9 cm³/mol. The van der Waals surface area contributed by atoms with Crippen molar-refractivity contribution in [1.82, 2.24) is 10.6 Å². The van der Waals surface area contributed by atoms with E-state index >= 15 is 0 Å². The number of aliphatic imine (C=N–C) groups is 1. The fourth-order valence-corrected chi connectivity index (χ4v) is 3.55. The summed E-state index contributed by atoms with van der Waals surface area (Å²) < 4.78 is 39.0. The van der Waals surface area contributed by atoms with Gasteiger partial charge in [-0.15, -0.1) is 24.0 Å². The quantitative estimate of drug-likeness (QED) is 0.678. The lowest BCUT2D eigenvalue weighted by Gasteiger charge is -2.31. The highest BCUT2D eigenvalue weighted by atomic mass is 127. The summed E-state index contributed by atoms with van der Waals surface area (Å²) in [7, 11) is 0. The van der Waals surface area contributed by atoms with Crippen molar-refractivity contribution in [2.75, 3.05) is 19.6 Å². The van der Waals surface area contributed by atoms with Gasteiger partial charge in [0.15, 0.2) is 5.96 Å². The summed E-state index contributed by atoms with van der Waals surface area (Å²) in [6.45, 7) is 2.31. The molecule has 1 aromatic rings. The molecule has 0 aromatic heterocycles. The van der Waals surface area contributed by atoms with Crippen molar-refractivity contribution in [3.63, 3.8) is 0 Å². The molecule has 0 radical (unpaired) electrons. The van der Waals surface area contributed by atoms with Crippen molar-refractivity contribution < 1.29 is 13.2 Å². The van der Waals surface area contributed by atoms with E-state index in [1.807, 2.05) is 6.07 Å². The van der Waals surface area contributed by atoms with Gasteiger partial charge in [-0.05, 0) is 30.9 Å². The first-order chi connectivity index (χ1) is 11.0. The van der Waals surface area contributed by atoms with Crippen LogP contribution in [0, 0.1) is 0 Å². The highest BCUT2D eigenvalue weighted by molar-refractivity contribution is 14.0. The highest BCUT2D eigenvalue weighted by Crippen LogP contribution is 2.42. The first kappa shape index (κ1) is 19.3. The minimum absolute atomic E-state index is 0. The number of halogens is 4. The maximum absolute atomic E-state index is 13.0. The molecule has 3 nitrogen and oxygen atoms in total. The zero-order valence-electron chi connectivity index (χ0n) is 13.5. The van der Waals surface area contributed by atoms with E-state index in [1.54, 1.807) is 0 Å². The van der Waals surface area contributed by atoms with Gasteiger partial charge in [0, 0.05) is 25.0 Å². The second-order valence-electron chi connectivity index (χ2n) is 6.43. The molecule has 0 atom stereocenters. The van der Waals surface area contributed by atoms with Crippen LogP contribution >= 0.6 is 24.0 Å². The monoisotopic (exact) mass is 453 g/mol. The molecule has 1 aliphatic heterocycles. The number of hydrogen-bond acceptors (Lipinski definition) is 3. The Balaban J connectivity index is 0.00000208. The SMILES string of the molecule is FC(F)(F)c1cccc(C2(CNC3=NCCCN3)CCCC2)c1.I. The number of rotatable bonds is 3. The lowest BCUT2D eigenvalue weighted by Crippen LogP contribution is -2.46. The van der Waals surface area contributed by atoms with Crippen molar-refractivity contribution >= 4 is 29.9 Å². The van der Waals surface area contributed by atoms with Crippen LogP contribution in [0.2, 0.25) is 0 Å².